The van der Waals surface area contributed by atoms with Gasteiger partial charge in [0.2, 0.25) is 5.91 Å². The number of aromatic nitrogens is 4. The third-order valence-electron chi connectivity index (χ3n) is 5.55. The molecule has 0 unspecified atom stereocenters. The molecule has 0 bridgehead atoms. The molecule has 0 spiro atoms. The van der Waals surface area contributed by atoms with Gasteiger partial charge in [-0.25, -0.2) is 14.5 Å². The number of ether oxygens (including phenoxy) is 1. The number of amides is 2. The summed E-state index contributed by atoms with van der Waals surface area (Å²) in [5, 5.41) is 19.7. The topological polar surface area (TPSA) is 122 Å². The van der Waals surface area contributed by atoms with E-state index < -0.39 is 0 Å². The van der Waals surface area contributed by atoms with Gasteiger partial charge in [0.15, 0.2) is 5.82 Å². The first-order chi connectivity index (χ1) is 15.0. The van der Waals surface area contributed by atoms with E-state index in [0.29, 0.717) is 24.5 Å². The van der Waals surface area contributed by atoms with Crippen LogP contribution in [0, 0.1) is 0 Å². The number of fused-ring (bicyclic) bond motifs is 3. The number of rotatable bonds is 5. The fourth-order valence-electron chi connectivity index (χ4n) is 4.05. The minimum Gasteiger partial charge on any atom is -0.442 e. The predicted molar refractivity (Wildman–Crippen MR) is 109 cm³/mol. The monoisotopic (exact) mass is 420 g/mol. The highest BCUT2D eigenvalue weighted by molar-refractivity contribution is 5.94. The lowest BCUT2D eigenvalue weighted by Crippen LogP contribution is -2.40. The van der Waals surface area contributed by atoms with Gasteiger partial charge in [-0.3, -0.25) is 9.69 Å². The summed E-state index contributed by atoms with van der Waals surface area (Å²) in [6, 6.07) is 9.58. The lowest BCUT2D eigenvalue weighted by atomic mass is 10.0. The number of aliphatic hydroxyl groups excluding tert-OH is 1. The molecule has 4 heterocycles. The Bertz CT molecular complexity index is 1160. The first-order valence-electron chi connectivity index (χ1n) is 9.89. The number of hydrogen-bond donors (Lipinski definition) is 2. The van der Waals surface area contributed by atoms with Crippen molar-refractivity contribution in [3.05, 3.63) is 54.0 Å². The van der Waals surface area contributed by atoms with Crippen LogP contribution in [0.25, 0.3) is 16.9 Å². The second-order valence-electron chi connectivity index (χ2n) is 7.56. The van der Waals surface area contributed by atoms with Gasteiger partial charge in [0, 0.05) is 18.7 Å². The average molecular weight is 420 g/mol. The highest BCUT2D eigenvalue weighted by Crippen LogP contribution is 2.40. The zero-order valence-corrected chi connectivity index (χ0v) is 16.7. The predicted octanol–water partition coefficient (Wildman–Crippen LogP) is 1.21. The minimum atomic E-state index is -0.382. The van der Waals surface area contributed by atoms with E-state index in [0.717, 1.165) is 22.4 Å². The molecular weight excluding hydrogens is 400 g/mol. The van der Waals surface area contributed by atoms with Gasteiger partial charge in [0.25, 0.3) is 0 Å². The van der Waals surface area contributed by atoms with Gasteiger partial charge in [0.1, 0.15) is 11.8 Å². The summed E-state index contributed by atoms with van der Waals surface area (Å²) >= 11 is 0. The number of nitrogens with one attached hydrogen (secondary N) is 1. The number of hydrogen-bond acceptors (Lipinski definition) is 7. The number of nitrogens with zero attached hydrogens (tertiary/aromatic N) is 5. The van der Waals surface area contributed by atoms with Crippen LogP contribution in [-0.4, -0.2) is 55.8 Å². The van der Waals surface area contributed by atoms with Crippen LogP contribution in [-0.2, 0) is 22.6 Å². The van der Waals surface area contributed by atoms with Crippen LogP contribution in [0.4, 0.5) is 10.5 Å². The lowest BCUT2D eigenvalue weighted by molar-refractivity contribution is -0.119. The van der Waals surface area contributed by atoms with Gasteiger partial charge in [-0.2, -0.15) is 0 Å². The molecule has 2 aliphatic heterocycles. The van der Waals surface area contributed by atoms with E-state index >= 15 is 0 Å². The van der Waals surface area contributed by atoms with Crippen LogP contribution in [0.15, 0.2) is 42.7 Å². The first kappa shape index (κ1) is 19.2. The molecule has 0 aliphatic carbocycles. The highest BCUT2D eigenvalue weighted by Gasteiger charge is 2.47. The molecule has 2 N–H and O–H groups in total. The van der Waals surface area contributed by atoms with Gasteiger partial charge >= 0.3 is 6.09 Å². The summed E-state index contributed by atoms with van der Waals surface area (Å²) in [4.78, 5) is 29.7. The van der Waals surface area contributed by atoms with Crippen LogP contribution < -0.4 is 10.2 Å². The maximum atomic E-state index is 12.4. The van der Waals surface area contributed by atoms with Crippen LogP contribution >= 0.6 is 0 Å². The minimum absolute atomic E-state index is 0.127. The molecule has 2 aliphatic rings. The Morgan fingerprint density at radius 2 is 2.13 bits per heavy atom. The van der Waals surface area contributed by atoms with Crippen molar-refractivity contribution < 1.29 is 19.4 Å². The molecule has 3 aromatic rings. The lowest BCUT2D eigenvalue weighted by Gasteiger charge is -2.16. The zero-order valence-electron chi connectivity index (χ0n) is 16.7. The molecule has 10 heteroatoms. The second kappa shape index (κ2) is 7.47. The molecular formula is C21H20N6O4. The van der Waals surface area contributed by atoms with E-state index in [1.807, 2.05) is 24.3 Å². The van der Waals surface area contributed by atoms with E-state index in [-0.39, 0.29) is 30.8 Å². The van der Waals surface area contributed by atoms with Gasteiger partial charge in [0.05, 0.1) is 31.1 Å². The molecule has 5 rings (SSSR count). The number of anilines is 1. The van der Waals surface area contributed by atoms with E-state index in [4.69, 9.17) is 9.84 Å². The summed E-state index contributed by atoms with van der Waals surface area (Å²) in [5.41, 5.74) is 4.28. The standard InChI is InChI=1S/C21H20N6O4/c1-12(29)22-9-19-18-7-15-6-13(2-4-17(15)27(18)21(30)31-19)14-3-5-20(23-8-14)26-10-16(11-28)24-25-26/h2-6,8,10,18-19,28H,7,9,11H2,1H3,(H,22,29)/t18-,19+/m1/s1. The zero-order chi connectivity index (χ0) is 21.5. The van der Waals surface area contributed by atoms with Crippen LogP contribution in [0.2, 0.25) is 0 Å². The number of pyridine rings is 1. The number of carbonyl (C=O) groups excluding carboxylic acids is 2. The molecule has 1 fully saturated rings. The van der Waals surface area contributed by atoms with Crippen LogP contribution in [0.3, 0.4) is 0 Å². The normalized spacial score (nSPS) is 19.2. The largest absolute Gasteiger partial charge is 0.442 e. The summed E-state index contributed by atoms with van der Waals surface area (Å²) < 4.78 is 6.96. The molecule has 158 valence electrons. The number of aliphatic hydroxyl groups is 1. The van der Waals surface area contributed by atoms with Gasteiger partial charge in [-0.05, 0) is 41.8 Å². The Morgan fingerprint density at radius 1 is 1.29 bits per heavy atom. The maximum absolute atomic E-state index is 12.4. The fraction of sp³-hybridized carbons (Fsp3) is 0.286. The van der Waals surface area contributed by atoms with Crippen LogP contribution in [0.5, 0.6) is 0 Å². The molecule has 31 heavy (non-hydrogen) atoms. The van der Waals surface area contributed by atoms with Crippen molar-refractivity contribution in [1.29, 1.82) is 0 Å². The van der Waals surface area contributed by atoms with E-state index in [9.17, 15) is 9.59 Å². The fourth-order valence-corrected chi connectivity index (χ4v) is 4.05. The summed E-state index contributed by atoms with van der Waals surface area (Å²) in [6.07, 6.45) is 3.28. The van der Waals surface area contributed by atoms with Crippen molar-refractivity contribution in [1.82, 2.24) is 25.3 Å². The molecule has 2 amide bonds. The molecule has 1 aromatic carbocycles. The molecule has 1 saturated heterocycles. The first-order valence-corrected chi connectivity index (χ1v) is 9.89. The Labute approximate surface area is 177 Å². The number of carbonyl (C=O) groups is 2. The van der Waals surface area contributed by atoms with E-state index in [1.165, 1.54) is 11.6 Å². The third kappa shape index (κ3) is 3.40. The molecule has 2 aromatic heterocycles. The molecule has 2 atom stereocenters. The van der Waals surface area contributed by atoms with Crippen LogP contribution in [0.1, 0.15) is 18.2 Å². The van der Waals surface area contributed by atoms with E-state index in [2.05, 4.69) is 26.7 Å². The maximum Gasteiger partial charge on any atom is 0.415 e. The molecule has 0 radical (unpaired) electrons. The summed E-state index contributed by atoms with van der Waals surface area (Å²) in [7, 11) is 0. The van der Waals surface area contributed by atoms with Crippen molar-refractivity contribution in [2.75, 3.05) is 11.4 Å². The van der Waals surface area contributed by atoms with Crippen molar-refractivity contribution in [2.24, 2.45) is 0 Å². The highest BCUT2D eigenvalue weighted by atomic mass is 16.6. The molecule has 10 nitrogen and oxygen atoms in total. The average Bonchev–Trinajstić information content (AvgIpc) is 3.47. The van der Waals surface area contributed by atoms with Gasteiger partial charge in [-0.15, -0.1) is 5.10 Å². The Hall–Kier alpha value is -3.79. The van der Waals surface area contributed by atoms with Crippen molar-refractivity contribution in [3.8, 4) is 16.9 Å². The summed E-state index contributed by atoms with van der Waals surface area (Å²) in [5.74, 6) is 0.447. The Balaban J connectivity index is 1.37. The van der Waals surface area contributed by atoms with Crippen molar-refractivity contribution in [3.63, 3.8) is 0 Å². The summed E-state index contributed by atoms with van der Waals surface area (Å²) in [6.45, 7) is 1.57. The quantitative estimate of drug-likeness (QED) is 0.636. The Kier molecular flexibility index (Phi) is 4.63. The SMILES string of the molecule is CC(=O)NC[C@@H]1OC(=O)N2c3ccc(-c4ccc(-n5cc(CO)nn5)nc4)cc3C[C@H]12. The van der Waals surface area contributed by atoms with Gasteiger partial charge < -0.3 is 15.2 Å². The third-order valence-corrected chi connectivity index (χ3v) is 5.55. The smallest absolute Gasteiger partial charge is 0.415 e. The molecule has 0 saturated carbocycles. The number of cyclic esters (lactones) is 1. The van der Waals surface area contributed by atoms with Crippen molar-refractivity contribution in [2.45, 2.75) is 32.1 Å². The van der Waals surface area contributed by atoms with E-state index in [1.54, 1.807) is 17.3 Å². The van der Waals surface area contributed by atoms with Gasteiger partial charge in [-0.1, -0.05) is 11.3 Å². The van der Waals surface area contributed by atoms with Crippen molar-refractivity contribution >= 4 is 17.7 Å². The number of benzene rings is 1. The Morgan fingerprint density at radius 3 is 2.84 bits per heavy atom. The second-order valence-corrected chi connectivity index (χ2v) is 7.56.